The van der Waals surface area contributed by atoms with Gasteiger partial charge in [0.15, 0.2) is 5.82 Å². The summed E-state index contributed by atoms with van der Waals surface area (Å²) in [7, 11) is 0. The minimum atomic E-state index is -0.325. The smallest absolute Gasteiger partial charge is 0.261 e. The van der Waals surface area contributed by atoms with Gasteiger partial charge in [0.1, 0.15) is 22.7 Å². The molecule has 0 radical (unpaired) electrons. The molecule has 1 aliphatic carbocycles. The highest BCUT2D eigenvalue weighted by Gasteiger charge is 2.30. The zero-order chi connectivity index (χ0) is 23.5. The van der Waals surface area contributed by atoms with Crippen molar-refractivity contribution < 1.29 is 19.1 Å². The van der Waals surface area contributed by atoms with Gasteiger partial charge in [-0.2, -0.15) is 0 Å². The van der Waals surface area contributed by atoms with E-state index in [0.717, 1.165) is 12.8 Å². The van der Waals surface area contributed by atoms with Crippen LogP contribution >= 0.6 is 0 Å². The Morgan fingerprint density at radius 3 is 2.76 bits per heavy atom. The maximum Gasteiger partial charge on any atom is 0.261 e. The van der Waals surface area contributed by atoms with E-state index in [0.29, 0.717) is 40.8 Å². The lowest BCUT2D eigenvalue weighted by Gasteiger charge is -2.11. The molecule has 2 N–H and O–H groups in total. The summed E-state index contributed by atoms with van der Waals surface area (Å²) < 4.78 is 13.2. The summed E-state index contributed by atoms with van der Waals surface area (Å²) in [6, 6.07) is 14.0. The van der Waals surface area contributed by atoms with Gasteiger partial charge in [0.25, 0.3) is 5.91 Å². The van der Waals surface area contributed by atoms with Crippen molar-refractivity contribution in [2.75, 3.05) is 17.2 Å². The van der Waals surface area contributed by atoms with Crippen molar-refractivity contribution in [3.05, 3.63) is 72.7 Å². The highest BCUT2D eigenvalue weighted by molar-refractivity contribution is 6.05. The van der Waals surface area contributed by atoms with E-state index in [-0.39, 0.29) is 23.6 Å². The molecule has 1 fully saturated rings. The number of pyridine rings is 2. The molecule has 0 bridgehead atoms. The first kappa shape index (κ1) is 21.4. The number of aromatic nitrogens is 3. The molecule has 9 heteroatoms. The summed E-state index contributed by atoms with van der Waals surface area (Å²) in [5.41, 5.74) is 1.62. The molecule has 34 heavy (non-hydrogen) atoms. The van der Waals surface area contributed by atoms with Crippen molar-refractivity contribution in [3.63, 3.8) is 0 Å². The molecule has 2 amide bonds. The lowest BCUT2D eigenvalue weighted by atomic mass is 10.2. The number of benzene rings is 1. The Balaban J connectivity index is 1.29. The van der Waals surface area contributed by atoms with Gasteiger partial charge in [0, 0.05) is 23.9 Å². The van der Waals surface area contributed by atoms with Crippen molar-refractivity contribution in [1.82, 2.24) is 14.4 Å². The molecule has 0 aliphatic heterocycles. The number of carbonyl (C=O) groups excluding carboxylic acids is 2. The van der Waals surface area contributed by atoms with Crippen LogP contribution in [0.25, 0.3) is 5.65 Å². The summed E-state index contributed by atoms with van der Waals surface area (Å²) in [6.07, 6.45) is 6.99. The number of imidazole rings is 1. The van der Waals surface area contributed by atoms with Gasteiger partial charge >= 0.3 is 0 Å². The van der Waals surface area contributed by atoms with Crippen molar-refractivity contribution >= 4 is 29.0 Å². The van der Waals surface area contributed by atoms with Crippen LogP contribution in [0.3, 0.4) is 0 Å². The third kappa shape index (κ3) is 4.83. The van der Waals surface area contributed by atoms with Gasteiger partial charge in [-0.1, -0.05) is 6.07 Å². The Hall–Kier alpha value is -4.40. The molecule has 172 valence electrons. The number of hydrogen-bond acceptors (Lipinski definition) is 6. The number of hydrogen-bond donors (Lipinski definition) is 2. The van der Waals surface area contributed by atoms with E-state index in [9.17, 15) is 9.59 Å². The Bertz CT molecular complexity index is 1360. The summed E-state index contributed by atoms with van der Waals surface area (Å²) in [4.78, 5) is 33.3. The Morgan fingerprint density at radius 1 is 1.06 bits per heavy atom. The zero-order valence-corrected chi connectivity index (χ0v) is 18.5. The van der Waals surface area contributed by atoms with Crippen LogP contribution in [0.4, 0.5) is 11.5 Å². The lowest BCUT2D eigenvalue weighted by molar-refractivity contribution is -0.117. The van der Waals surface area contributed by atoms with Crippen molar-refractivity contribution in [2.24, 2.45) is 5.92 Å². The number of rotatable bonds is 8. The lowest BCUT2D eigenvalue weighted by Crippen LogP contribution is -2.14. The van der Waals surface area contributed by atoms with Crippen LogP contribution in [0.5, 0.6) is 17.4 Å². The molecule has 1 saturated carbocycles. The molecule has 0 unspecified atom stereocenters. The average molecular weight is 457 g/mol. The first-order valence-electron chi connectivity index (χ1n) is 11.1. The van der Waals surface area contributed by atoms with Gasteiger partial charge in [0.05, 0.1) is 19.0 Å². The molecule has 9 nitrogen and oxygen atoms in total. The number of anilines is 2. The molecule has 0 saturated heterocycles. The van der Waals surface area contributed by atoms with E-state index < -0.39 is 0 Å². The second kappa shape index (κ2) is 9.22. The SMILES string of the molecule is CCOc1ncccc1C(=O)Nc1cccc(Oc2ccc3nc(NC(=O)C4CC4)cn3c2)c1. The second-order valence-corrected chi connectivity index (χ2v) is 7.89. The summed E-state index contributed by atoms with van der Waals surface area (Å²) >= 11 is 0. The Kier molecular flexibility index (Phi) is 5.82. The molecule has 3 aromatic heterocycles. The molecular weight excluding hydrogens is 434 g/mol. The summed E-state index contributed by atoms with van der Waals surface area (Å²) in [5, 5.41) is 5.70. The predicted octanol–water partition coefficient (Wildman–Crippen LogP) is 4.52. The minimum absolute atomic E-state index is 0.0124. The Morgan fingerprint density at radius 2 is 1.94 bits per heavy atom. The molecule has 4 aromatic rings. The van der Waals surface area contributed by atoms with E-state index >= 15 is 0 Å². The predicted molar refractivity (Wildman–Crippen MR) is 126 cm³/mol. The number of carbonyl (C=O) groups is 2. The van der Waals surface area contributed by atoms with Crippen LogP contribution in [0.15, 0.2) is 67.1 Å². The van der Waals surface area contributed by atoms with E-state index in [4.69, 9.17) is 9.47 Å². The standard InChI is InChI=1S/C25H23N5O4/c1-2-33-25-20(7-4-12-26-25)24(32)27-17-5-3-6-18(13-17)34-19-10-11-22-28-21(15-30(22)14-19)29-23(31)16-8-9-16/h3-7,10-16H,2,8-9H2,1H3,(H,27,32)(H,29,31). The van der Waals surface area contributed by atoms with Crippen molar-refractivity contribution in [3.8, 4) is 17.4 Å². The fourth-order valence-electron chi connectivity index (χ4n) is 3.45. The number of amides is 2. The van der Waals surface area contributed by atoms with E-state index in [1.165, 1.54) is 0 Å². The van der Waals surface area contributed by atoms with Crippen LogP contribution in [0.1, 0.15) is 30.1 Å². The molecule has 3 heterocycles. The molecule has 1 aliphatic rings. The number of fused-ring (bicyclic) bond motifs is 1. The highest BCUT2D eigenvalue weighted by Crippen LogP contribution is 2.30. The van der Waals surface area contributed by atoms with Gasteiger partial charge in [-0.15, -0.1) is 0 Å². The minimum Gasteiger partial charge on any atom is -0.477 e. The molecule has 0 atom stereocenters. The largest absolute Gasteiger partial charge is 0.477 e. The van der Waals surface area contributed by atoms with Gasteiger partial charge in [-0.3, -0.25) is 9.59 Å². The molecule has 0 spiro atoms. The zero-order valence-electron chi connectivity index (χ0n) is 18.5. The highest BCUT2D eigenvalue weighted by atomic mass is 16.5. The van der Waals surface area contributed by atoms with E-state index in [1.807, 2.05) is 13.0 Å². The van der Waals surface area contributed by atoms with Gasteiger partial charge in [-0.25, -0.2) is 9.97 Å². The van der Waals surface area contributed by atoms with Crippen molar-refractivity contribution in [2.45, 2.75) is 19.8 Å². The maximum absolute atomic E-state index is 12.7. The first-order chi connectivity index (χ1) is 16.6. The topological polar surface area (TPSA) is 107 Å². The fourth-order valence-corrected chi connectivity index (χ4v) is 3.45. The average Bonchev–Trinajstić information content (AvgIpc) is 3.61. The molecular formula is C25H23N5O4. The van der Waals surface area contributed by atoms with Crippen LogP contribution < -0.4 is 20.1 Å². The van der Waals surface area contributed by atoms with E-state index in [1.54, 1.807) is 65.5 Å². The van der Waals surface area contributed by atoms with Crippen LogP contribution in [-0.4, -0.2) is 32.8 Å². The van der Waals surface area contributed by atoms with Crippen molar-refractivity contribution in [1.29, 1.82) is 0 Å². The molecule has 1 aromatic carbocycles. The second-order valence-electron chi connectivity index (χ2n) is 7.89. The van der Waals surface area contributed by atoms with Gasteiger partial charge < -0.3 is 24.5 Å². The summed E-state index contributed by atoms with van der Waals surface area (Å²) in [6.45, 7) is 2.25. The van der Waals surface area contributed by atoms with Crippen LogP contribution in [0.2, 0.25) is 0 Å². The summed E-state index contributed by atoms with van der Waals surface area (Å²) in [5.74, 6) is 1.74. The maximum atomic E-state index is 12.7. The number of ether oxygens (including phenoxy) is 2. The fraction of sp³-hybridized carbons (Fsp3) is 0.200. The third-order valence-corrected chi connectivity index (χ3v) is 5.25. The number of nitrogens with zero attached hydrogens (tertiary/aromatic N) is 3. The first-order valence-corrected chi connectivity index (χ1v) is 11.1. The quantitative estimate of drug-likeness (QED) is 0.403. The van der Waals surface area contributed by atoms with Crippen LogP contribution in [0, 0.1) is 5.92 Å². The third-order valence-electron chi connectivity index (χ3n) is 5.25. The van der Waals surface area contributed by atoms with Crippen LogP contribution in [-0.2, 0) is 4.79 Å². The molecule has 5 rings (SSSR count). The monoisotopic (exact) mass is 457 g/mol. The number of nitrogens with one attached hydrogen (secondary N) is 2. The normalized spacial score (nSPS) is 12.9. The Labute approximate surface area is 195 Å². The van der Waals surface area contributed by atoms with Gasteiger partial charge in [-0.05, 0) is 56.2 Å². The van der Waals surface area contributed by atoms with Gasteiger partial charge in [0.2, 0.25) is 11.8 Å². The van der Waals surface area contributed by atoms with E-state index in [2.05, 4.69) is 20.6 Å².